The van der Waals surface area contributed by atoms with Crippen LogP contribution in [0.1, 0.15) is 22.3 Å². The molecule has 1 amide bonds. The highest BCUT2D eigenvalue weighted by atomic mass is 79.9. The van der Waals surface area contributed by atoms with Gasteiger partial charge in [0.2, 0.25) is 0 Å². The summed E-state index contributed by atoms with van der Waals surface area (Å²) < 4.78 is 0.746. The second-order valence-electron chi connectivity index (χ2n) is 4.82. The van der Waals surface area contributed by atoms with Crippen LogP contribution in [0.25, 0.3) is 0 Å². The number of rotatable bonds is 1. The zero-order chi connectivity index (χ0) is 14.1. The zero-order valence-electron chi connectivity index (χ0n) is 10.8. The summed E-state index contributed by atoms with van der Waals surface area (Å²) in [7, 11) is 0. The van der Waals surface area contributed by atoms with Gasteiger partial charge in [-0.05, 0) is 58.6 Å². The molecule has 2 aromatic carbocycles. The predicted molar refractivity (Wildman–Crippen MR) is 85.6 cm³/mol. The van der Waals surface area contributed by atoms with Crippen molar-refractivity contribution < 1.29 is 4.79 Å². The standard InChI is InChI=1S/C16H13BrClNO/c17-13-10-12(7-8-14(13)18)16(20)19-9-3-5-11-4-1-2-6-15(11)19/h1-2,4,6-8,10H,3,5,9H2. The fraction of sp³-hybridized carbons (Fsp3) is 0.188. The van der Waals surface area contributed by atoms with Gasteiger partial charge in [-0.25, -0.2) is 0 Å². The molecule has 0 spiro atoms. The number of benzene rings is 2. The predicted octanol–water partition coefficient (Wildman–Crippen LogP) is 4.70. The summed E-state index contributed by atoms with van der Waals surface area (Å²) in [6, 6.07) is 13.4. The Hall–Kier alpha value is -1.32. The topological polar surface area (TPSA) is 20.3 Å². The summed E-state index contributed by atoms with van der Waals surface area (Å²) in [5, 5.41) is 0.612. The third-order valence-electron chi connectivity index (χ3n) is 3.52. The molecule has 2 aromatic rings. The van der Waals surface area contributed by atoms with Crippen LogP contribution in [0.2, 0.25) is 5.02 Å². The Morgan fingerprint density at radius 1 is 1.20 bits per heavy atom. The van der Waals surface area contributed by atoms with E-state index < -0.39 is 0 Å². The third kappa shape index (κ3) is 2.48. The maximum Gasteiger partial charge on any atom is 0.258 e. The SMILES string of the molecule is O=C(c1ccc(Cl)c(Br)c1)N1CCCc2ccccc21. The van der Waals surface area contributed by atoms with E-state index in [0.29, 0.717) is 10.6 Å². The lowest BCUT2D eigenvalue weighted by atomic mass is 10.0. The monoisotopic (exact) mass is 349 g/mol. The normalized spacial score (nSPS) is 14.0. The molecule has 0 aliphatic carbocycles. The summed E-state index contributed by atoms with van der Waals surface area (Å²) in [5.41, 5.74) is 2.91. The number of aryl methyl sites for hydroxylation is 1. The molecule has 2 nitrogen and oxygen atoms in total. The number of nitrogens with zero attached hydrogens (tertiary/aromatic N) is 1. The van der Waals surface area contributed by atoms with Crippen molar-refractivity contribution in [3.63, 3.8) is 0 Å². The average molecular weight is 351 g/mol. The fourth-order valence-corrected chi connectivity index (χ4v) is 3.03. The Labute approximate surface area is 131 Å². The summed E-state index contributed by atoms with van der Waals surface area (Å²) in [5.74, 6) is 0.0227. The molecule has 0 radical (unpaired) electrons. The molecule has 3 rings (SSSR count). The van der Waals surface area contributed by atoms with E-state index in [0.717, 1.165) is 29.5 Å². The Bertz CT molecular complexity index is 671. The van der Waals surface area contributed by atoms with Crippen molar-refractivity contribution in [2.75, 3.05) is 11.4 Å². The van der Waals surface area contributed by atoms with E-state index in [1.165, 1.54) is 5.56 Å². The first kappa shape index (κ1) is 13.7. The highest BCUT2D eigenvalue weighted by Gasteiger charge is 2.23. The molecule has 1 aliphatic rings. The van der Waals surface area contributed by atoms with Crippen LogP contribution in [0.3, 0.4) is 0 Å². The number of carbonyl (C=O) groups is 1. The molecule has 0 N–H and O–H groups in total. The number of fused-ring (bicyclic) bond motifs is 1. The van der Waals surface area contributed by atoms with Gasteiger partial charge in [0, 0.05) is 22.3 Å². The minimum Gasteiger partial charge on any atom is -0.308 e. The van der Waals surface area contributed by atoms with E-state index in [1.807, 2.05) is 23.1 Å². The van der Waals surface area contributed by atoms with Gasteiger partial charge in [-0.3, -0.25) is 4.79 Å². The number of hydrogen-bond donors (Lipinski definition) is 0. The minimum atomic E-state index is 0.0227. The van der Waals surface area contributed by atoms with Crippen molar-refractivity contribution in [1.29, 1.82) is 0 Å². The van der Waals surface area contributed by atoms with Crippen LogP contribution in [-0.2, 0) is 6.42 Å². The number of amides is 1. The number of hydrogen-bond acceptors (Lipinski definition) is 1. The number of carbonyl (C=O) groups excluding carboxylic acids is 1. The van der Waals surface area contributed by atoms with Gasteiger partial charge < -0.3 is 4.90 Å². The lowest BCUT2D eigenvalue weighted by molar-refractivity contribution is 0.0985. The van der Waals surface area contributed by atoms with Crippen molar-refractivity contribution in [1.82, 2.24) is 0 Å². The molecular weight excluding hydrogens is 338 g/mol. The smallest absolute Gasteiger partial charge is 0.258 e. The van der Waals surface area contributed by atoms with E-state index in [4.69, 9.17) is 11.6 Å². The van der Waals surface area contributed by atoms with Crippen molar-refractivity contribution in [2.45, 2.75) is 12.8 Å². The highest BCUT2D eigenvalue weighted by molar-refractivity contribution is 9.10. The van der Waals surface area contributed by atoms with Gasteiger partial charge in [-0.1, -0.05) is 29.8 Å². The number of halogens is 2. The molecule has 0 saturated heterocycles. The molecule has 102 valence electrons. The van der Waals surface area contributed by atoms with Gasteiger partial charge in [-0.2, -0.15) is 0 Å². The van der Waals surface area contributed by atoms with Gasteiger partial charge >= 0.3 is 0 Å². The van der Waals surface area contributed by atoms with E-state index in [-0.39, 0.29) is 5.91 Å². The van der Waals surface area contributed by atoms with Crippen molar-refractivity contribution >= 4 is 39.1 Å². The van der Waals surface area contributed by atoms with E-state index in [1.54, 1.807) is 18.2 Å². The zero-order valence-corrected chi connectivity index (χ0v) is 13.1. The molecule has 0 aromatic heterocycles. The maximum atomic E-state index is 12.7. The summed E-state index contributed by atoms with van der Waals surface area (Å²) >= 11 is 9.35. The molecule has 1 heterocycles. The van der Waals surface area contributed by atoms with Crippen LogP contribution in [0, 0.1) is 0 Å². The number of anilines is 1. The molecule has 20 heavy (non-hydrogen) atoms. The summed E-state index contributed by atoms with van der Waals surface area (Å²) in [6.07, 6.45) is 2.03. The van der Waals surface area contributed by atoms with E-state index in [2.05, 4.69) is 22.0 Å². The second kappa shape index (κ2) is 5.58. The molecule has 0 fully saturated rings. The molecule has 0 saturated carbocycles. The van der Waals surface area contributed by atoms with Gasteiger partial charge in [-0.15, -0.1) is 0 Å². The first-order valence-electron chi connectivity index (χ1n) is 6.51. The van der Waals surface area contributed by atoms with E-state index >= 15 is 0 Å². The first-order valence-corrected chi connectivity index (χ1v) is 7.69. The van der Waals surface area contributed by atoms with Gasteiger partial charge in [0.15, 0.2) is 0 Å². The van der Waals surface area contributed by atoms with Crippen LogP contribution < -0.4 is 4.90 Å². The maximum absolute atomic E-state index is 12.7. The molecule has 0 unspecified atom stereocenters. The van der Waals surface area contributed by atoms with Gasteiger partial charge in [0.1, 0.15) is 0 Å². The number of para-hydroxylation sites is 1. The van der Waals surface area contributed by atoms with Gasteiger partial charge in [0.25, 0.3) is 5.91 Å². The van der Waals surface area contributed by atoms with Crippen LogP contribution >= 0.6 is 27.5 Å². The van der Waals surface area contributed by atoms with Gasteiger partial charge in [0.05, 0.1) is 5.02 Å². The third-order valence-corrected chi connectivity index (χ3v) is 4.74. The van der Waals surface area contributed by atoms with Crippen LogP contribution in [0.5, 0.6) is 0 Å². The Kier molecular flexibility index (Phi) is 3.81. The summed E-state index contributed by atoms with van der Waals surface area (Å²) in [4.78, 5) is 14.5. The van der Waals surface area contributed by atoms with Crippen LogP contribution in [0.15, 0.2) is 46.9 Å². The molecule has 4 heteroatoms. The van der Waals surface area contributed by atoms with Crippen LogP contribution in [0.4, 0.5) is 5.69 Å². The Morgan fingerprint density at radius 3 is 2.80 bits per heavy atom. The summed E-state index contributed by atoms with van der Waals surface area (Å²) in [6.45, 7) is 0.760. The lowest BCUT2D eigenvalue weighted by Crippen LogP contribution is -2.35. The molecule has 1 aliphatic heterocycles. The second-order valence-corrected chi connectivity index (χ2v) is 6.08. The van der Waals surface area contributed by atoms with Crippen LogP contribution in [-0.4, -0.2) is 12.5 Å². The van der Waals surface area contributed by atoms with Crippen molar-refractivity contribution in [2.24, 2.45) is 0 Å². The highest BCUT2D eigenvalue weighted by Crippen LogP contribution is 2.29. The van der Waals surface area contributed by atoms with Crippen molar-refractivity contribution in [3.05, 3.63) is 63.1 Å². The molecule has 0 atom stereocenters. The Balaban J connectivity index is 1.97. The van der Waals surface area contributed by atoms with Crippen molar-refractivity contribution in [3.8, 4) is 0 Å². The first-order chi connectivity index (χ1) is 9.66. The molecular formula is C16H13BrClNO. The average Bonchev–Trinajstić information content (AvgIpc) is 2.49. The largest absolute Gasteiger partial charge is 0.308 e. The fourth-order valence-electron chi connectivity index (χ4n) is 2.53. The quantitative estimate of drug-likeness (QED) is 0.730. The lowest BCUT2D eigenvalue weighted by Gasteiger charge is -2.29. The minimum absolute atomic E-state index is 0.0227. The Morgan fingerprint density at radius 2 is 2.00 bits per heavy atom. The van der Waals surface area contributed by atoms with E-state index in [9.17, 15) is 4.79 Å². The molecule has 0 bridgehead atoms.